The molecule has 2 nitrogen and oxygen atoms in total. The van der Waals surface area contributed by atoms with Crippen LogP contribution in [0.2, 0.25) is 0 Å². The highest BCUT2D eigenvalue weighted by atomic mass is 32.2. The van der Waals surface area contributed by atoms with Crippen molar-refractivity contribution >= 4 is 17.7 Å². The van der Waals surface area contributed by atoms with Gasteiger partial charge in [-0.3, -0.25) is 0 Å². The minimum absolute atomic E-state index is 0.218. The monoisotopic (exact) mass is 238 g/mol. The average Bonchev–Trinajstić information content (AvgIpc) is 2.30. The lowest BCUT2D eigenvalue weighted by Crippen LogP contribution is -2.06. The minimum Gasteiger partial charge on any atom is -0.462 e. The van der Waals surface area contributed by atoms with Crippen LogP contribution in [0, 0.1) is 0 Å². The van der Waals surface area contributed by atoms with Crippen molar-refractivity contribution in [2.45, 2.75) is 31.6 Å². The number of rotatable bonds is 5. The van der Waals surface area contributed by atoms with Gasteiger partial charge >= 0.3 is 5.97 Å². The number of hydrogen-bond acceptors (Lipinski definition) is 3. The van der Waals surface area contributed by atoms with Crippen molar-refractivity contribution in [3.8, 4) is 0 Å². The van der Waals surface area contributed by atoms with E-state index >= 15 is 0 Å². The number of carbonyl (C=O) groups excluding carboxylic acids is 1. The highest BCUT2D eigenvalue weighted by Crippen LogP contribution is 2.23. The molecule has 0 N–H and O–H groups in total. The highest BCUT2D eigenvalue weighted by Gasteiger charge is 2.12. The van der Waals surface area contributed by atoms with Crippen molar-refractivity contribution in [3.05, 3.63) is 29.3 Å². The lowest BCUT2D eigenvalue weighted by molar-refractivity contribution is 0.0522. The SMILES string of the molecule is CCCc1ccc(SC)c(C(=O)OCC)c1. The number of carbonyl (C=O) groups is 1. The van der Waals surface area contributed by atoms with Crippen LogP contribution >= 0.6 is 11.8 Å². The fraction of sp³-hybridized carbons (Fsp3) is 0.462. The van der Waals surface area contributed by atoms with Gasteiger partial charge in [-0.2, -0.15) is 0 Å². The van der Waals surface area contributed by atoms with Gasteiger partial charge in [-0.25, -0.2) is 4.79 Å². The molecule has 0 spiro atoms. The van der Waals surface area contributed by atoms with E-state index in [2.05, 4.69) is 13.0 Å². The third-order valence-electron chi connectivity index (χ3n) is 2.30. The Morgan fingerprint density at radius 2 is 2.12 bits per heavy atom. The molecule has 0 aliphatic rings. The van der Waals surface area contributed by atoms with Crippen molar-refractivity contribution in [2.75, 3.05) is 12.9 Å². The molecule has 0 aliphatic carbocycles. The van der Waals surface area contributed by atoms with Gasteiger partial charge in [0.1, 0.15) is 0 Å². The molecule has 3 heteroatoms. The number of hydrogen-bond donors (Lipinski definition) is 0. The number of esters is 1. The first-order valence-electron chi connectivity index (χ1n) is 5.57. The molecular weight excluding hydrogens is 220 g/mol. The van der Waals surface area contributed by atoms with Crippen LogP contribution in [-0.4, -0.2) is 18.8 Å². The van der Waals surface area contributed by atoms with E-state index in [0.717, 1.165) is 17.7 Å². The Bertz CT molecular complexity index is 361. The first kappa shape index (κ1) is 13.1. The fourth-order valence-corrected chi connectivity index (χ4v) is 2.13. The molecule has 0 aliphatic heterocycles. The molecule has 0 amide bonds. The summed E-state index contributed by atoms with van der Waals surface area (Å²) in [5.74, 6) is -0.218. The standard InChI is InChI=1S/C13H18O2S/c1-4-6-10-7-8-12(16-3)11(9-10)13(14)15-5-2/h7-9H,4-6H2,1-3H3. The molecule has 1 aromatic carbocycles. The predicted molar refractivity (Wildman–Crippen MR) is 68.2 cm³/mol. The van der Waals surface area contributed by atoms with E-state index in [1.807, 2.05) is 25.3 Å². The predicted octanol–water partition coefficient (Wildman–Crippen LogP) is 3.54. The Morgan fingerprint density at radius 3 is 2.69 bits per heavy atom. The maximum Gasteiger partial charge on any atom is 0.339 e. The summed E-state index contributed by atoms with van der Waals surface area (Å²) in [6.07, 6.45) is 4.06. The first-order chi connectivity index (χ1) is 7.72. The summed E-state index contributed by atoms with van der Waals surface area (Å²) in [6.45, 7) is 4.38. The van der Waals surface area contributed by atoms with Crippen molar-refractivity contribution in [1.82, 2.24) is 0 Å². The molecule has 0 saturated heterocycles. The number of aryl methyl sites for hydroxylation is 1. The van der Waals surface area contributed by atoms with Crippen molar-refractivity contribution in [2.24, 2.45) is 0 Å². The Kier molecular flexibility index (Phi) is 5.39. The maximum absolute atomic E-state index is 11.7. The van der Waals surface area contributed by atoms with Gasteiger partial charge in [-0.15, -0.1) is 11.8 Å². The summed E-state index contributed by atoms with van der Waals surface area (Å²) >= 11 is 1.58. The Hall–Kier alpha value is -0.960. The summed E-state index contributed by atoms with van der Waals surface area (Å²) < 4.78 is 5.05. The van der Waals surface area contributed by atoms with Gasteiger partial charge in [-0.05, 0) is 37.3 Å². The van der Waals surface area contributed by atoms with Gasteiger partial charge in [0.05, 0.1) is 12.2 Å². The Balaban J connectivity index is 3.01. The van der Waals surface area contributed by atoms with Crippen LogP contribution < -0.4 is 0 Å². The lowest BCUT2D eigenvalue weighted by Gasteiger charge is -2.08. The van der Waals surface area contributed by atoms with E-state index in [-0.39, 0.29) is 5.97 Å². The van der Waals surface area contributed by atoms with E-state index < -0.39 is 0 Å². The normalized spacial score (nSPS) is 10.2. The van der Waals surface area contributed by atoms with E-state index in [9.17, 15) is 4.79 Å². The molecule has 1 aromatic rings. The molecule has 0 fully saturated rings. The summed E-state index contributed by atoms with van der Waals surface area (Å²) in [5.41, 5.74) is 1.89. The summed E-state index contributed by atoms with van der Waals surface area (Å²) in [5, 5.41) is 0. The highest BCUT2D eigenvalue weighted by molar-refractivity contribution is 7.98. The van der Waals surface area contributed by atoms with Crippen LogP contribution in [-0.2, 0) is 11.2 Å². The first-order valence-corrected chi connectivity index (χ1v) is 6.79. The zero-order valence-corrected chi connectivity index (χ0v) is 10.9. The average molecular weight is 238 g/mol. The van der Waals surface area contributed by atoms with E-state index in [1.54, 1.807) is 11.8 Å². The van der Waals surface area contributed by atoms with Crippen molar-refractivity contribution < 1.29 is 9.53 Å². The summed E-state index contributed by atoms with van der Waals surface area (Å²) in [7, 11) is 0. The zero-order valence-electron chi connectivity index (χ0n) is 10.1. The van der Waals surface area contributed by atoms with Gasteiger partial charge < -0.3 is 4.74 Å². The van der Waals surface area contributed by atoms with Crippen LogP contribution in [0.25, 0.3) is 0 Å². The van der Waals surface area contributed by atoms with Crippen LogP contribution in [0.3, 0.4) is 0 Å². The lowest BCUT2D eigenvalue weighted by atomic mass is 10.1. The smallest absolute Gasteiger partial charge is 0.339 e. The molecule has 0 aromatic heterocycles. The third kappa shape index (κ3) is 3.27. The second-order valence-electron chi connectivity index (χ2n) is 3.51. The van der Waals surface area contributed by atoms with Crippen molar-refractivity contribution in [1.29, 1.82) is 0 Å². The van der Waals surface area contributed by atoms with Gasteiger partial charge in [-0.1, -0.05) is 19.4 Å². The van der Waals surface area contributed by atoms with E-state index in [0.29, 0.717) is 12.2 Å². The van der Waals surface area contributed by atoms with Gasteiger partial charge in [0.15, 0.2) is 0 Å². The van der Waals surface area contributed by atoms with Gasteiger partial charge in [0.25, 0.3) is 0 Å². The molecule has 0 atom stereocenters. The molecule has 0 bridgehead atoms. The summed E-state index contributed by atoms with van der Waals surface area (Å²) in [4.78, 5) is 12.7. The van der Waals surface area contributed by atoms with Gasteiger partial charge in [0, 0.05) is 4.90 Å². The van der Waals surface area contributed by atoms with E-state index in [1.165, 1.54) is 5.56 Å². The number of benzene rings is 1. The van der Waals surface area contributed by atoms with Crippen LogP contribution in [0.5, 0.6) is 0 Å². The van der Waals surface area contributed by atoms with Gasteiger partial charge in [0.2, 0.25) is 0 Å². The maximum atomic E-state index is 11.7. The molecule has 16 heavy (non-hydrogen) atoms. The molecule has 1 rings (SSSR count). The van der Waals surface area contributed by atoms with Crippen LogP contribution in [0.4, 0.5) is 0 Å². The molecule has 88 valence electrons. The molecule has 0 radical (unpaired) electrons. The molecule has 0 unspecified atom stereocenters. The number of ether oxygens (including phenoxy) is 1. The largest absolute Gasteiger partial charge is 0.462 e. The topological polar surface area (TPSA) is 26.3 Å². The molecule has 0 saturated carbocycles. The number of thioether (sulfide) groups is 1. The molecule has 0 heterocycles. The van der Waals surface area contributed by atoms with Crippen LogP contribution in [0.15, 0.2) is 23.1 Å². The van der Waals surface area contributed by atoms with Crippen molar-refractivity contribution in [3.63, 3.8) is 0 Å². The minimum atomic E-state index is -0.218. The second kappa shape index (κ2) is 6.59. The Labute approximate surface area is 101 Å². The van der Waals surface area contributed by atoms with Crippen LogP contribution in [0.1, 0.15) is 36.2 Å². The third-order valence-corrected chi connectivity index (χ3v) is 3.09. The molecular formula is C13H18O2S. The quantitative estimate of drug-likeness (QED) is 0.580. The Morgan fingerprint density at radius 1 is 1.38 bits per heavy atom. The zero-order chi connectivity index (χ0) is 12.0. The summed E-state index contributed by atoms with van der Waals surface area (Å²) in [6, 6.07) is 6.04. The van der Waals surface area contributed by atoms with E-state index in [4.69, 9.17) is 4.74 Å². The fourth-order valence-electron chi connectivity index (χ4n) is 1.57. The second-order valence-corrected chi connectivity index (χ2v) is 4.35.